The summed E-state index contributed by atoms with van der Waals surface area (Å²) in [6.07, 6.45) is 0. The molecule has 0 N–H and O–H groups in total. The van der Waals surface area contributed by atoms with Crippen molar-refractivity contribution in [3.05, 3.63) is 94.6 Å². The molecule has 3 rings (SSSR count). The summed E-state index contributed by atoms with van der Waals surface area (Å²) in [5.74, 6) is -4.15. The first-order chi connectivity index (χ1) is 14.8. The van der Waals surface area contributed by atoms with Gasteiger partial charge in [-0.3, -0.25) is 9.59 Å². The molecule has 0 aromatic heterocycles. The molecule has 0 aliphatic heterocycles. The van der Waals surface area contributed by atoms with Crippen LogP contribution in [0.5, 0.6) is 0 Å². The molecule has 0 aliphatic rings. The number of halogens is 2. The molecule has 3 aromatic carbocycles. The van der Waals surface area contributed by atoms with E-state index in [1.807, 2.05) is 0 Å². The van der Waals surface area contributed by atoms with E-state index in [9.17, 15) is 44.3 Å². The Kier molecular flexibility index (Phi) is 10.5. The summed E-state index contributed by atoms with van der Waals surface area (Å²) in [5, 5.41) is 0. The summed E-state index contributed by atoms with van der Waals surface area (Å²) in [6, 6.07) is 9.20. The fraction of sp³-hybridized carbons (Fsp3) is 0. The van der Waals surface area contributed by atoms with Crippen LogP contribution in [-0.4, -0.2) is 37.5 Å². The summed E-state index contributed by atoms with van der Waals surface area (Å²) < 4.78 is 93.7. The van der Waals surface area contributed by atoms with Crippen LogP contribution >= 0.6 is 0 Å². The van der Waals surface area contributed by atoms with Crippen LogP contribution in [0.15, 0.2) is 70.5 Å². The van der Waals surface area contributed by atoms with E-state index in [1.165, 1.54) is 24.3 Å². The predicted octanol–water partition coefficient (Wildman–Crippen LogP) is -3.76. The average Bonchev–Trinajstić information content (AvgIpc) is 2.72. The van der Waals surface area contributed by atoms with Gasteiger partial charge in [-0.1, -0.05) is 24.3 Å². The first-order valence-corrected chi connectivity index (χ1v) is 11.3. The summed E-state index contributed by atoms with van der Waals surface area (Å²) in [6.45, 7) is 0. The zero-order valence-corrected chi connectivity index (χ0v) is 23.2. The molecule has 0 atom stereocenters. The second-order valence-corrected chi connectivity index (χ2v) is 9.13. The Morgan fingerprint density at radius 1 is 0.559 bits per heavy atom. The molecular formula is C20H10F2Na2O8S2. The largest absolute Gasteiger partial charge is 1.00 e. The molecule has 0 saturated heterocycles. The Hall–Kier alpha value is -1.32. The summed E-state index contributed by atoms with van der Waals surface area (Å²) in [4.78, 5) is 22.7. The number of hydrogen-bond acceptors (Lipinski definition) is 8. The van der Waals surface area contributed by atoms with Crippen molar-refractivity contribution in [1.82, 2.24) is 0 Å². The molecule has 0 spiro atoms. The maximum atomic E-state index is 13.6. The molecule has 0 heterocycles. The van der Waals surface area contributed by atoms with Gasteiger partial charge < -0.3 is 9.11 Å². The molecule has 3 aromatic rings. The fourth-order valence-electron chi connectivity index (χ4n) is 2.78. The first kappa shape index (κ1) is 30.7. The molecule has 0 bridgehead atoms. The van der Waals surface area contributed by atoms with E-state index in [0.717, 1.165) is 12.1 Å². The van der Waals surface area contributed by atoms with Gasteiger partial charge in [0.05, 0.1) is 9.79 Å². The van der Waals surface area contributed by atoms with Gasteiger partial charge in [-0.05, 0) is 36.4 Å². The van der Waals surface area contributed by atoms with Gasteiger partial charge in [-0.2, -0.15) is 0 Å². The second kappa shape index (κ2) is 11.6. The maximum absolute atomic E-state index is 13.6. The van der Waals surface area contributed by atoms with Crippen LogP contribution in [0.3, 0.4) is 0 Å². The average molecular weight is 526 g/mol. The monoisotopic (exact) mass is 526 g/mol. The second-order valence-electron chi connectivity index (χ2n) is 6.43. The molecule has 0 saturated carbocycles. The molecule has 14 heteroatoms. The van der Waals surface area contributed by atoms with Crippen molar-refractivity contribution >= 4 is 31.8 Å². The Balaban J connectivity index is 0.00000289. The standard InChI is InChI=1S/C20H12F2O8S2.2Na/c21-15-7-5-13(9-17(15)31(25,26)27)19(23)11-1-2-12(4-3-11)20(24)14-6-8-16(22)18(10-14)32(28,29)30;;/h1-10H,(H,25,26,27)(H,28,29,30);;/q;2*+1/p-2. The van der Waals surface area contributed by atoms with Crippen molar-refractivity contribution in [2.24, 2.45) is 0 Å². The van der Waals surface area contributed by atoms with Crippen molar-refractivity contribution in [3.8, 4) is 0 Å². The zero-order chi connectivity index (χ0) is 23.8. The number of ketones is 2. The molecule has 34 heavy (non-hydrogen) atoms. The quantitative estimate of drug-likeness (QED) is 0.181. The van der Waals surface area contributed by atoms with E-state index in [2.05, 4.69) is 0 Å². The Morgan fingerprint density at radius 3 is 1.09 bits per heavy atom. The molecule has 0 fully saturated rings. The van der Waals surface area contributed by atoms with Crippen molar-refractivity contribution < 1.29 is 103 Å². The van der Waals surface area contributed by atoms with E-state index >= 15 is 0 Å². The van der Waals surface area contributed by atoms with E-state index in [1.54, 1.807) is 0 Å². The minimum Gasteiger partial charge on any atom is -0.744 e. The van der Waals surface area contributed by atoms with Crippen LogP contribution in [0.4, 0.5) is 8.78 Å². The van der Waals surface area contributed by atoms with E-state index in [-0.39, 0.29) is 81.4 Å². The molecule has 8 nitrogen and oxygen atoms in total. The van der Waals surface area contributed by atoms with E-state index in [4.69, 9.17) is 0 Å². The first-order valence-electron chi connectivity index (χ1n) is 8.49. The molecular weight excluding hydrogens is 516 g/mol. The van der Waals surface area contributed by atoms with Crippen LogP contribution in [0.1, 0.15) is 31.8 Å². The smallest absolute Gasteiger partial charge is 0.744 e. The summed E-state index contributed by atoms with van der Waals surface area (Å²) >= 11 is 0. The minimum atomic E-state index is -5.15. The van der Waals surface area contributed by atoms with Gasteiger partial charge in [-0.15, -0.1) is 0 Å². The predicted molar refractivity (Wildman–Crippen MR) is 102 cm³/mol. The minimum absolute atomic E-state index is 0. The Labute approximate surface area is 237 Å². The third-order valence-electron chi connectivity index (χ3n) is 4.33. The van der Waals surface area contributed by atoms with E-state index < -0.39 is 53.2 Å². The SMILES string of the molecule is O=C(c1ccc(C(=O)c2ccc(F)c(S(=O)(=O)[O-])c2)cc1)c1ccc(F)c(S(=O)(=O)[O-])c1.[Na+].[Na+]. The molecule has 0 amide bonds. The van der Waals surface area contributed by atoms with Gasteiger partial charge in [0.15, 0.2) is 11.6 Å². The van der Waals surface area contributed by atoms with Gasteiger partial charge in [0.2, 0.25) is 0 Å². The number of carbonyl (C=O) groups is 2. The van der Waals surface area contributed by atoms with Crippen LogP contribution in [0, 0.1) is 11.6 Å². The molecule has 166 valence electrons. The van der Waals surface area contributed by atoms with Crippen LogP contribution in [-0.2, 0) is 20.2 Å². The van der Waals surface area contributed by atoms with Crippen molar-refractivity contribution in [3.63, 3.8) is 0 Å². The summed E-state index contributed by atoms with van der Waals surface area (Å²) in [5.41, 5.74) is -0.652. The zero-order valence-electron chi connectivity index (χ0n) is 17.6. The number of benzene rings is 3. The van der Waals surface area contributed by atoms with Gasteiger partial charge in [0, 0.05) is 22.3 Å². The molecule has 0 radical (unpaired) electrons. The van der Waals surface area contributed by atoms with Crippen molar-refractivity contribution in [2.45, 2.75) is 9.79 Å². The van der Waals surface area contributed by atoms with E-state index in [0.29, 0.717) is 24.3 Å². The topological polar surface area (TPSA) is 149 Å². The number of hydrogen-bond donors (Lipinski definition) is 0. The van der Waals surface area contributed by atoms with Gasteiger partial charge in [0.25, 0.3) is 0 Å². The normalized spacial score (nSPS) is 11.2. The van der Waals surface area contributed by atoms with Gasteiger partial charge >= 0.3 is 59.1 Å². The van der Waals surface area contributed by atoms with Gasteiger partial charge in [-0.25, -0.2) is 25.6 Å². The maximum Gasteiger partial charge on any atom is 1.00 e. The molecule has 0 aliphatic carbocycles. The third kappa shape index (κ3) is 6.88. The van der Waals surface area contributed by atoms with Crippen molar-refractivity contribution in [1.29, 1.82) is 0 Å². The number of carbonyl (C=O) groups excluding carboxylic acids is 2. The third-order valence-corrected chi connectivity index (χ3v) is 6.04. The number of rotatable bonds is 6. The summed E-state index contributed by atoms with van der Waals surface area (Å²) in [7, 11) is -10.3. The van der Waals surface area contributed by atoms with Crippen LogP contribution < -0.4 is 59.1 Å². The van der Waals surface area contributed by atoms with Crippen molar-refractivity contribution in [2.75, 3.05) is 0 Å². The fourth-order valence-corrected chi connectivity index (χ4v) is 3.94. The van der Waals surface area contributed by atoms with Crippen LogP contribution in [0.2, 0.25) is 0 Å². The Morgan fingerprint density at radius 2 is 0.824 bits per heavy atom. The van der Waals surface area contributed by atoms with Gasteiger partial charge in [0.1, 0.15) is 31.9 Å². The molecule has 0 unspecified atom stereocenters. The Bertz CT molecular complexity index is 1360. The van der Waals surface area contributed by atoms with Crippen LogP contribution in [0.25, 0.3) is 0 Å².